The van der Waals surface area contributed by atoms with Gasteiger partial charge in [0.1, 0.15) is 0 Å². The van der Waals surface area contributed by atoms with Gasteiger partial charge in [0.2, 0.25) is 0 Å². The van der Waals surface area contributed by atoms with Crippen molar-refractivity contribution in [3.63, 3.8) is 0 Å². The Morgan fingerprint density at radius 1 is 0.633 bits per heavy atom. The average Bonchev–Trinajstić information content (AvgIpc) is 3.14. The summed E-state index contributed by atoms with van der Waals surface area (Å²) in [5.41, 5.74) is 18.4. The zero-order valence-corrected chi connectivity index (χ0v) is 34.0. The van der Waals surface area contributed by atoms with Gasteiger partial charge in [0.15, 0.2) is 0 Å². The van der Waals surface area contributed by atoms with Crippen molar-refractivity contribution in [2.75, 3.05) is 5.73 Å². The van der Waals surface area contributed by atoms with Crippen LogP contribution in [0, 0.1) is 6.07 Å². The summed E-state index contributed by atoms with van der Waals surface area (Å²) in [5, 5.41) is 1.76. The number of anilines is 1. The van der Waals surface area contributed by atoms with Gasteiger partial charge in [-0.2, -0.15) is 0 Å². The molecule has 0 atom stereocenters. The fourth-order valence-corrected chi connectivity index (χ4v) is 11.9. The second-order valence-corrected chi connectivity index (χ2v) is 17.7. The molecule has 0 unspecified atom stereocenters. The third-order valence-electron chi connectivity index (χ3n) is 10.5. The molecule has 0 bridgehead atoms. The van der Waals surface area contributed by atoms with Crippen molar-refractivity contribution < 1.29 is 18.2 Å². The van der Waals surface area contributed by atoms with Gasteiger partial charge in [-0.1, -0.05) is 148 Å². The molecule has 4 aromatic rings. The van der Waals surface area contributed by atoms with Crippen LogP contribution in [0.15, 0.2) is 84.9 Å². The second-order valence-electron chi connectivity index (χ2n) is 14.9. The zero-order valence-electron chi connectivity index (χ0n) is 30.8. The average molecular weight is 787 g/mol. The molecule has 0 spiro atoms. The van der Waals surface area contributed by atoms with E-state index in [4.69, 9.17) is 5.73 Å². The summed E-state index contributed by atoms with van der Waals surface area (Å²) in [6.45, 7) is 14.3. The summed E-state index contributed by atoms with van der Waals surface area (Å²) in [4.78, 5) is 0. The van der Waals surface area contributed by atoms with Gasteiger partial charge in [-0.25, -0.2) is 0 Å². The Morgan fingerprint density at radius 2 is 1.22 bits per heavy atom. The molecule has 2 N–H and O–H groups in total. The molecule has 49 heavy (non-hydrogen) atoms. The summed E-state index contributed by atoms with van der Waals surface area (Å²) in [7, 11) is 4.36. The summed E-state index contributed by atoms with van der Waals surface area (Å²) in [6.07, 6.45) is 14.6. The number of rotatable bonds is 8. The molecule has 4 heteroatoms. The quantitative estimate of drug-likeness (QED) is 0.0819. The van der Waals surface area contributed by atoms with E-state index in [1.54, 1.807) is 22.0 Å². The molecule has 1 nitrogen and oxygen atoms in total. The molecule has 0 radical (unpaired) electrons. The van der Waals surface area contributed by atoms with Gasteiger partial charge >= 0.3 is 27.7 Å². The summed E-state index contributed by atoms with van der Waals surface area (Å²) in [5.74, 6) is 1.67. The van der Waals surface area contributed by atoms with Gasteiger partial charge in [-0.3, -0.25) is 0 Å². The topological polar surface area (TPSA) is 26.0 Å². The Balaban J connectivity index is 0.000000299. The van der Waals surface area contributed by atoms with Crippen molar-refractivity contribution in [2.45, 2.75) is 135 Å². The maximum absolute atomic E-state index is 5.83. The van der Waals surface area contributed by atoms with Crippen LogP contribution in [-0.2, 0) is 18.2 Å². The van der Waals surface area contributed by atoms with Crippen molar-refractivity contribution in [3.05, 3.63) is 108 Å². The molecular formula is C45H59ClNPPd. The minimum atomic E-state index is -0.129. The van der Waals surface area contributed by atoms with Crippen LogP contribution in [0.25, 0.3) is 22.3 Å². The number of nitrogens with two attached hydrogens (primary N) is 1. The molecule has 6 rings (SSSR count). The van der Waals surface area contributed by atoms with E-state index in [1.165, 1.54) is 75.3 Å². The standard InChI is InChI=1S/C33H49P.C12H10N.ClH.Pd/c1-23(2)26-20-21-30(31(22-26)25(5)6)33-29(24(3)4)18-13-19-32(33)34(27-14-9-7-10-15-27)28-16-11-8-12-17-28;13-12-9-5-4-8-11(12)10-6-2-1-3-7-10;;/h13,18-25,27-28H,7-12,14-17H2,1-6H3;1-6,8-9H,13H2;1H;/q;-1;;+2/p-1. The van der Waals surface area contributed by atoms with Crippen molar-refractivity contribution >= 4 is 28.4 Å². The maximum atomic E-state index is 5.83. The van der Waals surface area contributed by atoms with E-state index in [2.05, 4.69) is 112 Å². The first-order valence-electron chi connectivity index (χ1n) is 18.7. The Kier molecular flexibility index (Phi) is 16.4. The van der Waals surface area contributed by atoms with Gasteiger partial charge in [0.05, 0.1) is 0 Å². The van der Waals surface area contributed by atoms with Gasteiger partial charge in [0.25, 0.3) is 0 Å². The fraction of sp³-hybridized carbons (Fsp3) is 0.467. The summed E-state index contributed by atoms with van der Waals surface area (Å²) < 4.78 is 0. The summed E-state index contributed by atoms with van der Waals surface area (Å²) in [6, 6.07) is 33.7. The van der Waals surface area contributed by atoms with Gasteiger partial charge in [-0.15, -0.1) is 35.9 Å². The molecular weight excluding hydrogens is 727 g/mol. The minimum absolute atomic E-state index is 0.129. The Morgan fingerprint density at radius 3 is 1.76 bits per heavy atom. The molecule has 266 valence electrons. The van der Waals surface area contributed by atoms with Gasteiger partial charge in [-0.05, 0) is 99.6 Å². The van der Waals surface area contributed by atoms with Crippen molar-refractivity contribution in [2.24, 2.45) is 0 Å². The van der Waals surface area contributed by atoms with Gasteiger partial charge in [0, 0.05) is 0 Å². The molecule has 4 aromatic carbocycles. The molecule has 2 aliphatic rings. The third-order valence-corrected chi connectivity index (χ3v) is 14.0. The molecule has 0 heterocycles. The van der Waals surface area contributed by atoms with Crippen molar-refractivity contribution in [3.8, 4) is 22.3 Å². The van der Waals surface area contributed by atoms with Crippen molar-refractivity contribution in [1.82, 2.24) is 0 Å². The predicted molar refractivity (Wildman–Crippen MR) is 215 cm³/mol. The van der Waals surface area contributed by atoms with E-state index in [9.17, 15) is 0 Å². The van der Waals surface area contributed by atoms with Crippen LogP contribution in [0.5, 0.6) is 0 Å². The molecule has 0 aliphatic heterocycles. The van der Waals surface area contributed by atoms with Crippen LogP contribution in [0.1, 0.15) is 140 Å². The molecule has 2 aliphatic carbocycles. The van der Waals surface area contributed by atoms with E-state index in [0.717, 1.165) is 28.1 Å². The van der Waals surface area contributed by atoms with E-state index < -0.39 is 0 Å². The van der Waals surface area contributed by atoms with E-state index >= 15 is 0 Å². The number of hydrogen-bond acceptors (Lipinski definition) is 1. The van der Waals surface area contributed by atoms with E-state index in [-0.39, 0.29) is 7.92 Å². The Hall–Kier alpha value is -1.94. The number of hydrogen-bond donors (Lipinski definition) is 1. The normalized spacial score (nSPS) is 15.6. The van der Waals surface area contributed by atoms with Crippen molar-refractivity contribution in [1.29, 1.82) is 0 Å². The number of nitrogen functional groups attached to an aromatic ring is 1. The molecule has 0 aromatic heterocycles. The molecule has 2 fully saturated rings. The monoisotopic (exact) mass is 785 g/mol. The molecule has 0 amide bonds. The Bertz CT molecular complexity index is 1540. The first kappa shape index (κ1) is 39.8. The van der Waals surface area contributed by atoms with Crippen LogP contribution in [0.3, 0.4) is 0 Å². The summed E-state index contributed by atoms with van der Waals surface area (Å²) >= 11 is 2.22. The SMILES string of the molecule is CC(C)c1ccc(-c2c(C(C)C)cccc2P(C2CCCCC2)C2CCCCC2)c(C(C)C)c1.Nc1ccccc1-c1[c-]cccc1.[Cl][Pd+]. The number of para-hydroxylation sites is 1. The molecule has 2 saturated carbocycles. The van der Waals surface area contributed by atoms with Crippen LogP contribution in [0.4, 0.5) is 5.69 Å². The molecule has 0 saturated heterocycles. The van der Waals surface area contributed by atoms with Crippen LogP contribution in [-0.4, -0.2) is 11.3 Å². The third kappa shape index (κ3) is 10.6. The van der Waals surface area contributed by atoms with Gasteiger partial charge < -0.3 is 5.73 Å². The first-order valence-corrected chi connectivity index (χ1v) is 22.2. The Labute approximate surface area is 315 Å². The number of halogens is 1. The van der Waals surface area contributed by atoms with Crippen LogP contribution >= 0.6 is 17.5 Å². The van der Waals surface area contributed by atoms with Crippen LogP contribution in [0.2, 0.25) is 0 Å². The predicted octanol–water partition coefficient (Wildman–Crippen LogP) is 13.9. The second kappa shape index (κ2) is 20.2. The zero-order chi connectivity index (χ0) is 35.3. The first-order chi connectivity index (χ1) is 23.8. The fourth-order valence-electron chi connectivity index (χ4n) is 7.91. The van der Waals surface area contributed by atoms with Crippen LogP contribution < -0.4 is 11.0 Å². The van der Waals surface area contributed by atoms with E-state index in [0.29, 0.717) is 17.8 Å². The van der Waals surface area contributed by atoms with E-state index in [1.807, 2.05) is 48.5 Å². The number of benzene rings is 4.